The van der Waals surface area contributed by atoms with E-state index in [1.54, 1.807) is 11.3 Å². The van der Waals surface area contributed by atoms with E-state index in [1.807, 2.05) is 41.4 Å². The van der Waals surface area contributed by atoms with Crippen LogP contribution in [0.4, 0.5) is 5.95 Å². The van der Waals surface area contributed by atoms with Crippen LogP contribution in [0.15, 0.2) is 23.7 Å². The maximum absolute atomic E-state index is 12.7. The highest BCUT2D eigenvalue weighted by molar-refractivity contribution is 7.12. The Hall–Kier alpha value is -1.99. The molecule has 3 aliphatic rings. The number of piperidine rings is 2. The second-order valence-corrected chi connectivity index (χ2v) is 10.2. The Bertz CT molecular complexity index is 902. The van der Waals surface area contributed by atoms with Crippen molar-refractivity contribution in [3.63, 3.8) is 0 Å². The topological polar surface area (TPSA) is 52.6 Å². The second-order valence-electron chi connectivity index (χ2n) is 9.29. The quantitative estimate of drug-likeness (QED) is 0.756. The fraction of sp³-hybridized carbons (Fsp3) is 0.609. The molecule has 1 spiro atoms. The van der Waals surface area contributed by atoms with E-state index in [2.05, 4.69) is 16.1 Å². The number of aryl methyl sites for hydroxylation is 1. The van der Waals surface area contributed by atoms with Crippen molar-refractivity contribution in [2.24, 2.45) is 0 Å². The molecule has 0 radical (unpaired) electrons. The molecule has 0 N–H and O–H groups in total. The summed E-state index contributed by atoms with van der Waals surface area (Å²) in [6, 6.07) is 4.48. The largest absolute Gasteiger partial charge is 0.347 e. The van der Waals surface area contributed by atoms with Crippen LogP contribution in [0.25, 0.3) is 0 Å². The van der Waals surface area contributed by atoms with Gasteiger partial charge in [-0.25, -0.2) is 9.97 Å². The highest BCUT2D eigenvalue weighted by Gasteiger charge is 2.45. The average molecular weight is 426 g/mol. The summed E-state index contributed by atoms with van der Waals surface area (Å²) in [5.41, 5.74) is 2.83. The molecule has 2 saturated heterocycles. The molecule has 1 atom stereocenters. The van der Waals surface area contributed by atoms with Gasteiger partial charge in [-0.15, -0.1) is 11.3 Å². The molecule has 1 unspecified atom stereocenters. The number of anilines is 1. The van der Waals surface area contributed by atoms with Crippen LogP contribution in [0.5, 0.6) is 0 Å². The van der Waals surface area contributed by atoms with Gasteiger partial charge in [-0.1, -0.05) is 6.07 Å². The molecule has 6 nitrogen and oxygen atoms in total. The van der Waals surface area contributed by atoms with Gasteiger partial charge in [0, 0.05) is 51.4 Å². The number of carbonyl (C=O) groups is 1. The van der Waals surface area contributed by atoms with Gasteiger partial charge in [0.1, 0.15) is 0 Å². The van der Waals surface area contributed by atoms with E-state index in [4.69, 9.17) is 4.98 Å². The lowest BCUT2D eigenvalue weighted by atomic mass is 9.76. The van der Waals surface area contributed by atoms with E-state index in [0.29, 0.717) is 6.04 Å². The SMILES string of the molecule is CN(C)c1ncc2c(n1)C1(CCCN(C3CCN(C(=O)c4cccs4)CC3)C1)CC2. The molecular formula is C23H31N5OS. The third-order valence-corrected chi connectivity index (χ3v) is 8.09. The smallest absolute Gasteiger partial charge is 0.263 e. The van der Waals surface area contributed by atoms with E-state index in [0.717, 1.165) is 49.7 Å². The van der Waals surface area contributed by atoms with E-state index in [-0.39, 0.29) is 11.3 Å². The van der Waals surface area contributed by atoms with Gasteiger partial charge in [-0.05, 0) is 62.1 Å². The first-order valence-electron chi connectivity index (χ1n) is 11.2. The Morgan fingerprint density at radius 2 is 2.07 bits per heavy atom. The molecule has 2 fully saturated rings. The number of rotatable bonds is 3. The van der Waals surface area contributed by atoms with Crippen LogP contribution in [-0.2, 0) is 11.8 Å². The Labute approximate surface area is 182 Å². The van der Waals surface area contributed by atoms with Crippen molar-refractivity contribution in [1.29, 1.82) is 0 Å². The molecule has 1 aliphatic carbocycles. The van der Waals surface area contributed by atoms with E-state index < -0.39 is 0 Å². The van der Waals surface area contributed by atoms with Gasteiger partial charge in [-0.3, -0.25) is 9.69 Å². The van der Waals surface area contributed by atoms with E-state index >= 15 is 0 Å². The van der Waals surface area contributed by atoms with Crippen LogP contribution in [0.3, 0.4) is 0 Å². The standard InChI is InChI=1S/C23H31N5OS/c1-26(2)22-24-15-17-6-10-23(20(17)25-22)9-4-11-28(16-23)18-7-12-27(13-8-18)21(29)19-5-3-14-30-19/h3,5,14-15,18H,4,6-13,16H2,1-2H3. The molecule has 0 bridgehead atoms. The zero-order chi connectivity index (χ0) is 20.7. The van der Waals surface area contributed by atoms with Gasteiger partial charge in [0.15, 0.2) is 0 Å². The zero-order valence-corrected chi connectivity index (χ0v) is 18.8. The highest BCUT2D eigenvalue weighted by atomic mass is 32.1. The van der Waals surface area contributed by atoms with Gasteiger partial charge >= 0.3 is 0 Å². The Kier molecular flexibility index (Phi) is 5.27. The summed E-state index contributed by atoms with van der Waals surface area (Å²) >= 11 is 1.55. The molecule has 160 valence electrons. The maximum Gasteiger partial charge on any atom is 0.263 e. The molecule has 0 saturated carbocycles. The third-order valence-electron chi connectivity index (χ3n) is 7.23. The minimum absolute atomic E-state index is 0.186. The second kappa shape index (κ2) is 7.93. The average Bonchev–Trinajstić information content (AvgIpc) is 3.43. The number of hydrogen-bond donors (Lipinski definition) is 0. The minimum atomic E-state index is 0.186. The lowest BCUT2D eigenvalue weighted by molar-refractivity contribution is 0.0472. The maximum atomic E-state index is 12.7. The van der Waals surface area contributed by atoms with Crippen LogP contribution < -0.4 is 4.90 Å². The Morgan fingerprint density at radius 3 is 2.80 bits per heavy atom. The van der Waals surface area contributed by atoms with Crippen molar-refractivity contribution in [1.82, 2.24) is 19.8 Å². The lowest BCUT2D eigenvalue weighted by Crippen LogP contribution is -2.53. The van der Waals surface area contributed by atoms with Crippen molar-refractivity contribution in [3.8, 4) is 0 Å². The molecule has 5 rings (SSSR count). The fourth-order valence-electron chi connectivity index (χ4n) is 5.61. The normalized spacial score (nSPS) is 24.9. The fourth-order valence-corrected chi connectivity index (χ4v) is 6.30. The molecular weight excluding hydrogens is 394 g/mol. The van der Waals surface area contributed by atoms with Crippen molar-refractivity contribution in [2.45, 2.75) is 50.0 Å². The van der Waals surface area contributed by atoms with Gasteiger partial charge < -0.3 is 9.80 Å². The van der Waals surface area contributed by atoms with Crippen LogP contribution in [0, 0.1) is 0 Å². The number of amides is 1. The summed E-state index contributed by atoms with van der Waals surface area (Å²) < 4.78 is 0. The summed E-state index contributed by atoms with van der Waals surface area (Å²) in [4.78, 5) is 29.9. The molecule has 4 heterocycles. The lowest BCUT2D eigenvalue weighted by Gasteiger charge is -2.46. The number of thiophene rings is 1. The van der Waals surface area contributed by atoms with Crippen molar-refractivity contribution in [2.75, 3.05) is 45.2 Å². The summed E-state index contributed by atoms with van der Waals surface area (Å²) in [6.45, 7) is 4.02. The van der Waals surface area contributed by atoms with Crippen molar-refractivity contribution >= 4 is 23.2 Å². The Balaban J connectivity index is 1.28. The van der Waals surface area contributed by atoms with Gasteiger partial charge in [-0.2, -0.15) is 0 Å². The first-order chi connectivity index (χ1) is 14.6. The molecule has 2 aromatic rings. The van der Waals surface area contributed by atoms with Crippen LogP contribution in [0.1, 0.15) is 53.0 Å². The first-order valence-corrected chi connectivity index (χ1v) is 12.0. The molecule has 2 aliphatic heterocycles. The summed E-state index contributed by atoms with van der Waals surface area (Å²) in [5.74, 6) is 1.03. The number of hydrogen-bond acceptors (Lipinski definition) is 6. The summed E-state index contributed by atoms with van der Waals surface area (Å²) in [5, 5.41) is 1.98. The first kappa shape index (κ1) is 19.9. The molecule has 1 amide bonds. The highest BCUT2D eigenvalue weighted by Crippen LogP contribution is 2.45. The summed E-state index contributed by atoms with van der Waals surface area (Å²) in [6.07, 6.45) is 8.97. The number of nitrogens with zero attached hydrogens (tertiary/aromatic N) is 5. The van der Waals surface area contributed by atoms with Crippen molar-refractivity contribution in [3.05, 3.63) is 39.8 Å². The summed E-state index contributed by atoms with van der Waals surface area (Å²) in [7, 11) is 4.03. The third kappa shape index (κ3) is 3.52. The van der Waals surface area contributed by atoms with E-state index in [1.165, 1.54) is 37.1 Å². The molecule has 2 aromatic heterocycles. The van der Waals surface area contributed by atoms with Crippen LogP contribution in [0.2, 0.25) is 0 Å². The van der Waals surface area contributed by atoms with Gasteiger partial charge in [0.25, 0.3) is 5.91 Å². The zero-order valence-electron chi connectivity index (χ0n) is 18.0. The number of aromatic nitrogens is 2. The van der Waals surface area contributed by atoms with Crippen LogP contribution in [-0.4, -0.2) is 72.0 Å². The Morgan fingerprint density at radius 1 is 1.23 bits per heavy atom. The monoisotopic (exact) mass is 425 g/mol. The minimum Gasteiger partial charge on any atom is -0.347 e. The van der Waals surface area contributed by atoms with Crippen LogP contribution >= 0.6 is 11.3 Å². The van der Waals surface area contributed by atoms with Gasteiger partial charge in [0.05, 0.1) is 10.6 Å². The number of carbonyl (C=O) groups excluding carboxylic acids is 1. The van der Waals surface area contributed by atoms with E-state index in [9.17, 15) is 4.79 Å². The number of likely N-dealkylation sites (tertiary alicyclic amines) is 2. The van der Waals surface area contributed by atoms with Crippen molar-refractivity contribution < 1.29 is 4.79 Å². The molecule has 30 heavy (non-hydrogen) atoms. The number of fused-ring (bicyclic) bond motifs is 2. The molecule has 0 aromatic carbocycles. The predicted molar refractivity (Wildman–Crippen MR) is 120 cm³/mol. The predicted octanol–water partition coefficient (Wildman–Crippen LogP) is 3.19. The molecule has 7 heteroatoms. The van der Waals surface area contributed by atoms with Gasteiger partial charge in [0.2, 0.25) is 5.95 Å².